The van der Waals surface area contributed by atoms with Crippen molar-refractivity contribution < 1.29 is 72.0 Å². The van der Waals surface area contributed by atoms with Crippen LogP contribution in [0.5, 0.6) is 0 Å². The van der Waals surface area contributed by atoms with Crippen molar-refractivity contribution in [2.75, 3.05) is 26.9 Å². The minimum atomic E-state index is -0.719. The molecule has 2 unspecified atom stereocenters. The van der Waals surface area contributed by atoms with E-state index in [2.05, 4.69) is 114 Å². The van der Waals surface area contributed by atoms with E-state index in [9.17, 15) is 4.79 Å². The number of carbonyl (C=O) groups is 1. The first kappa shape index (κ1) is 51.7. The van der Waals surface area contributed by atoms with Gasteiger partial charge in [-0.3, -0.25) is 6.42 Å². The smallest absolute Gasteiger partial charge is 0 e. The van der Waals surface area contributed by atoms with E-state index >= 15 is 0 Å². The number of ether oxygens (including phenoxy) is 3. The average molecular weight is 1140 g/mol. The van der Waals surface area contributed by atoms with Crippen LogP contribution in [0.15, 0.2) is 11.6 Å². The first-order valence-corrected chi connectivity index (χ1v) is 31.6. The van der Waals surface area contributed by atoms with E-state index in [0.717, 1.165) is 61.9 Å². The maximum absolute atomic E-state index is 11.9. The molecule has 4 fully saturated rings. The van der Waals surface area contributed by atoms with Crippen LogP contribution in [-0.2, 0) is 51.8 Å². The maximum Gasteiger partial charge on any atom is 0 e. The van der Waals surface area contributed by atoms with Crippen LogP contribution in [0.1, 0.15) is 120 Å². The molecule has 0 spiro atoms. The zero-order valence-electron chi connectivity index (χ0n) is 31.7. The fourth-order valence-electron chi connectivity index (χ4n) is 9.49. The van der Waals surface area contributed by atoms with Crippen LogP contribution in [0, 0.1) is 52.8 Å². The van der Waals surface area contributed by atoms with Gasteiger partial charge >= 0.3 is 71.0 Å². The van der Waals surface area contributed by atoms with Crippen LogP contribution in [0.25, 0.3) is 0 Å². The normalized spacial score (nSPS) is 35.3. The van der Waals surface area contributed by atoms with E-state index < -0.39 is 18.4 Å². The Balaban J connectivity index is 0.00000129. The van der Waals surface area contributed by atoms with E-state index in [4.69, 9.17) is 29.5 Å². The Labute approximate surface area is 362 Å². The molecule has 3 saturated carbocycles. The van der Waals surface area contributed by atoms with Crippen molar-refractivity contribution in [2.24, 2.45) is 46.3 Å². The van der Waals surface area contributed by atoms with Gasteiger partial charge in [0, 0.05) is 46.2 Å². The molecule has 1 heterocycles. The second-order valence-corrected chi connectivity index (χ2v) is 50.4. The van der Waals surface area contributed by atoms with E-state index in [1.54, 1.807) is 0 Å². The molecule has 0 aromatic rings. The Bertz CT molecular complexity index is 935. The summed E-state index contributed by atoms with van der Waals surface area (Å²) in [5.41, 5.74) is 2.25. The first-order chi connectivity index (χ1) is 22.6. The number of aliphatic hydroxyl groups is 3. The summed E-state index contributed by atoms with van der Waals surface area (Å²) in [5, 5.41) is 24.6. The van der Waals surface area contributed by atoms with Gasteiger partial charge in [0.2, 0.25) is 0 Å². The third-order valence-electron chi connectivity index (χ3n) is 11.9. The van der Waals surface area contributed by atoms with Crippen LogP contribution in [0.2, 0.25) is 0 Å². The Kier molecular flexibility index (Phi) is 28.0. The molecule has 0 aromatic heterocycles. The molecule has 10 atom stereocenters. The van der Waals surface area contributed by atoms with Gasteiger partial charge < -0.3 is 29.5 Å². The molecule has 287 valence electrons. The van der Waals surface area contributed by atoms with E-state index in [1.807, 2.05) is 6.92 Å². The largest absolute Gasteiger partial charge is 0 e. The summed E-state index contributed by atoms with van der Waals surface area (Å²) >= 11 is 7.39. The summed E-state index contributed by atoms with van der Waals surface area (Å²) in [4.78, 5) is 11.6. The van der Waals surface area contributed by atoms with E-state index in [1.165, 1.54) is 56.9 Å². The van der Waals surface area contributed by atoms with Crippen molar-refractivity contribution >= 4 is 66.1 Å². The maximum atomic E-state index is 11.9. The first-order valence-electron chi connectivity index (χ1n) is 18.1. The quantitative estimate of drug-likeness (QED) is 0.0963. The molecule has 3 aliphatic carbocycles. The van der Waals surface area contributed by atoms with Crippen LogP contribution < -0.4 is 0 Å². The van der Waals surface area contributed by atoms with Crippen LogP contribution in [-0.4, -0.2) is 66.7 Å². The molecular weight excluding hydrogens is 1080 g/mol. The van der Waals surface area contributed by atoms with E-state index in [0.29, 0.717) is 18.6 Å². The number of hydrogen-bond donors (Lipinski definition) is 3. The molecule has 0 bridgehead atoms. The van der Waals surface area contributed by atoms with Gasteiger partial charge in [0.25, 0.3) is 0 Å². The van der Waals surface area contributed by atoms with Gasteiger partial charge in [0.05, 0.1) is 19.3 Å². The fourth-order valence-corrected chi connectivity index (χ4v) is 9.49. The summed E-state index contributed by atoms with van der Waals surface area (Å²) in [6, 6.07) is 0. The SMILES string of the molecule is C/C=C1/C[C@H](OC(=O)OCC)CC[C@@]1(C)[C@@H]1CC[C@]2(C)[C@H](CC[C@H]2[C@@H](C)CCCC(C)C)[C@H]1C.CO.OC1[CH-]COCC1O.[I][V]([I])[I].[Y]. The summed E-state index contributed by atoms with van der Waals surface area (Å²) in [6.45, 7) is 20.1. The number of aliphatic hydroxyl groups excluding tert-OH is 3. The van der Waals surface area contributed by atoms with Crippen molar-refractivity contribution in [1.82, 2.24) is 0 Å². The van der Waals surface area contributed by atoms with Gasteiger partial charge in [-0.15, -0.1) is 0 Å². The number of rotatable bonds is 8. The molecular formula is C37H67I3O7VY-. The van der Waals surface area contributed by atoms with E-state index in [-0.39, 0.29) is 55.8 Å². The fraction of sp³-hybridized carbons (Fsp3) is 0.892. The second kappa shape index (κ2) is 26.6. The number of allylic oxidation sites excluding steroid dienone is 1. The zero-order chi connectivity index (χ0) is 36.7. The molecule has 12 heteroatoms. The Morgan fingerprint density at radius 3 is 2.20 bits per heavy atom. The van der Waals surface area contributed by atoms with Crippen molar-refractivity contribution in [2.45, 2.75) is 138 Å². The minimum absolute atomic E-state index is 0. The summed E-state index contributed by atoms with van der Waals surface area (Å²) in [7, 11) is 1.00. The number of fused-ring (bicyclic) bond motifs is 1. The van der Waals surface area contributed by atoms with Gasteiger partial charge in [0.15, 0.2) is 0 Å². The predicted octanol–water partition coefficient (Wildman–Crippen LogP) is 10.4. The topological polar surface area (TPSA) is 105 Å². The molecule has 0 aromatic carbocycles. The van der Waals surface area contributed by atoms with Crippen molar-refractivity contribution in [1.29, 1.82) is 0 Å². The number of hydrogen-bond acceptors (Lipinski definition) is 7. The number of halogens is 3. The predicted molar refractivity (Wildman–Crippen MR) is 219 cm³/mol. The average Bonchev–Trinajstić information content (AvgIpc) is 3.38. The van der Waals surface area contributed by atoms with Crippen LogP contribution >= 0.6 is 59.9 Å². The van der Waals surface area contributed by atoms with Gasteiger partial charge in [-0.2, -0.15) is 0 Å². The molecule has 4 aliphatic rings. The van der Waals surface area contributed by atoms with Gasteiger partial charge in [0.1, 0.15) is 6.10 Å². The molecule has 49 heavy (non-hydrogen) atoms. The van der Waals surface area contributed by atoms with Crippen molar-refractivity contribution in [3.8, 4) is 0 Å². The third kappa shape index (κ3) is 16.4. The minimum Gasteiger partial charge on any atom is 0 e. The van der Waals surface area contributed by atoms with Crippen LogP contribution in [0.3, 0.4) is 0 Å². The molecule has 0 amide bonds. The van der Waals surface area contributed by atoms with Crippen LogP contribution in [0.4, 0.5) is 4.79 Å². The summed E-state index contributed by atoms with van der Waals surface area (Å²) < 4.78 is 15.5. The summed E-state index contributed by atoms with van der Waals surface area (Å²) in [5.74, 6) is 4.93. The van der Waals surface area contributed by atoms with Gasteiger partial charge in [-0.05, 0) is 105 Å². The molecule has 1 aliphatic heterocycles. The molecule has 1 saturated heterocycles. The monoisotopic (exact) mass is 1140 g/mol. The summed E-state index contributed by atoms with van der Waals surface area (Å²) in [6.07, 6.45) is 14.6. The van der Waals surface area contributed by atoms with Gasteiger partial charge in [-0.25, -0.2) is 4.79 Å². The Morgan fingerprint density at radius 2 is 1.69 bits per heavy atom. The van der Waals surface area contributed by atoms with Crippen molar-refractivity contribution in [3.63, 3.8) is 0 Å². The molecule has 1 radical (unpaired) electrons. The van der Waals surface area contributed by atoms with Gasteiger partial charge in [-0.1, -0.05) is 79.1 Å². The standard InChI is InChI=1S/C31H54O3.C5H9O3.CH4O.3HI.V.Y/c1-9-24-20-25(34-29(32)33-10-2)16-18-30(24,7)28-17-19-31(8)26(14-15-27(31)23(28)6)22(5)13-11-12-21(3)4;6-4-1-2-8-3-5(4)7;1-2;;;;;/h9,21-23,25-28H,10-20H2,1-8H3;1,4-7H,2-3H2;2H,1H3;3*1H;;/q;-1;;;;;+3;/p-3/b24-9-;;;;;;;/t22-,23+,25+,26-,27+,28+,30+,31-;;;;;;;/m0......./s1. The molecule has 4 rings (SSSR count). The zero-order valence-corrected chi connectivity index (χ0v) is 42.4. The Hall–Kier alpha value is 2.73. The molecule has 3 N–H and O–H groups in total. The second-order valence-electron chi connectivity index (χ2n) is 15.0. The number of carbonyl (C=O) groups excluding carboxylic acids is 1. The van der Waals surface area contributed by atoms with Crippen molar-refractivity contribution in [3.05, 3.63) is 18.1 Å². The molecule has 7 nitrogen and oxygen atoms in total. The Morgan fingerprint density at radius 1 is 1.06 bits per heavy atom. The third-order valence-corrected chi connectivity index (χ3v) is 11.9.